The quantitative estimate of drug-likeness (QED) is 0.771. The van der Waals surface area contributed by atoms with Crippen molar-refractivity contribution in [2.24, 2.45) is 7.05 Å². The number of rotatable bonds is 4. The summed E-state index contributed by atoms with van der Waals surface area (Å²) < 4.78 is 15.6. The van der Waals surface area contributed by atoms with Gasteiger partial charge in [0.1, 0.15) is 11.5 Å². The number of anilines is 1. The first-order valence-corrected chi connectivity index (χ1v) is 8.96. The van der Waals surface area contributed by atoms with Crippen LogP contribution in [0.25, 0.3) is 10.9 Å². The second-order valence-electron chi connectivity index (χ2n) is 6.73. The Morgan fingerprint density at radius 3 is 2.67 bits per heavy atom. The molecule has 1 aliphatic rings. The van der Waals surface area contributed by atoms with Gasteiger partial charge < -0.3 is 14.8 Å². The number of fused-ring (bicyclic) bond motifs is 1. The van der Waals surface area contributed by atoms with Crippen molar-refractivity contribution in [2.75, 3.05) is 11.4 Å². The normalized spacial score (nSPS) is 14.1. The van der Waals surface area contributed by atoms with Gasteiger partial charge in [-0.1, -0.05) is 30.3 Å². The molecule has 1 aliphatic heterocycles. The molecule has 1 N–H and O–H groups in total. The summed E-state index contributed by atoms with van der Waals surface area (Å²) >= 11 is 0. The first-order valence-electron chi connectivity index (χ1n) is 8.96. The van der Waals surface area contributed by atoms with E-state index < -0.39 is 5.82 Å². The molecule has 0 atom stereocenters. The maximum atomic E-state index is 13.9. The monoisotopic (exact) mass is 365 g/mol. The molecular weight excluding hydrogens is 345 g/mol. The van der Waals surface area contributed by atoms with E-state index in [0.29, 0.717) is 36.3 Å². The van der Waals surface area contributed by atoms with Crippen LogP contribution in [0.4, 0.5) is 10.1 Å². The molecule has 0 radical (unpaired) electrons. The van der Waals surface area contributed by atoms with Crippen LogP contribution >= 0.6 is 0 Å². The van der Waals surface area contributed by atoms with Crippen molar-refractivity contribution in [2.45, 2.75) is 19.4 Å². The number of carbonyl (C=O) groups is 2. The molecule has 6 heteroatoms. The van der Waals surface area contributed by atoms with Crippen molar-refractivity contribution in [3.63, 3.8) is 0 Å². The Labute approximate surface area is 156 Å². The fourth-order valence-electron chi connectivity index (χ4n) is 3.68. The lowest BCUT2D eigenvalue weighted by atomic mass is 10.2. The maximum Gasteiger partial charge on any atom is 0.270 e. The van der Waals surface area contributed by atoms with Gasteiger partial charge in [0, 0.05) is 31.9 Å². The SMILES string of the molecule is Cn1c(C(=O)NCc2ccccc2)c(N2CCCC2=O)c2cc(F)ccc21. The summed E-state index contributed by atoms with van der Waals surface area (Å²) in [5.41, 5.74) is 2.58. The lowest BCUT2D eigenvalue weighted by molar-refractivity contribution is -0.117. The van der Waals surface area contributed by atoms with Crippen LogP contribution in [0.2, 0.25) is 0 Å². The van der Waals surface area contributed by atoms with E-state index in [1.807, 2.05) is 30.3 Å². The number of aromatic nitrogens is 1. The highest BCUT2D eigenvalue weighted by Crippen LogP contribution is 2.36. The molecule has 4 rings (SSSR count). The maximum absolute atomic E-state index is 13.9. The molecule has 0 unspecified atom stereocenters. The highest BCUT2D eigenvalue weighted by Gasteiger charge is 2.31. The average Bonchev–Trinajstić information content (AvgIpc) is 3.21. The Hall–Kier alpha value is -3.15. The summed E-state index contributed by atoms with van der Waals surface area (Å²) in [6.45, 7) is 0.913. The third-order valence-electron chi connectivity index (χ3n) is 4.99. The number of carbonyl (C=O) groups excluding carboxylic acids is 2. The van der Waals surface area contributed by atoms with Gasteiger partial charge in [-0.3, -0.25) is 9.59 Å². The summed E-state index contributed by atoms with van der Waals surface area (Å²) in [6, 6.07) is 14.0. The molecule has 0 aliphatic carbocycles. The third kappa shape index (κ3) is 3.07. The molecule has 1 fully saturated rings. The number of amides is 2. The summed E-state index contributed by atoms with van der Waals surface area (Å²) in [6.07, 6.45) is 1.17. The van der Waals surface area contributed by atoms with Crippen LogP contribution in [-0.4, -0.2) is 22.9 Å². The molecule has 1 aromatic heterocycles. The largest absolute Gasteiger partial charge is 0.347 e. The zero-order valence-electron chi connectivity index (χ0n) is 15.0. The van der Waals surface area contributed by atoms with Gasteiger partial charge in [0.05, 0.1) is 11.2 Å². The lowest BCUT2D eigenvalue weighted by Crippen LogP contribution is -2.30. The van der Waals surface area contributed by atoms with Crippen LogP contribution in [-0.2, 0) is 18.4 Å². The Kier molecular flexibility index (Phi) is 4.39. The topological polar surface area (TPSA) is 54.3 Å². The van der Waals surface area contributed by atoms with Crippen LogP contribution < -0.4 is 10.2 Å². The summed E-state index contributed by atoms with van der Waals surface area (Å²) in [4.78, 5) is 27.0. The standard InChI is InChI=1S/C21H20FN3O2/c1-24-17-10-9-15(22)12-16(17)19(25-11-5-8-18(25)26)20(24)21(27)23-13-14-6-3-2-4-7-14/h2-4,6-7,9-10,12H,5,8,11,13H2,1H3,(H,23,27). The van der Waals surface area contributed by atoms with Gasteiger partial charge in [-0.25, -0.2) is 4.39 Å². The summed E-state index contributed by atoms with van der Waals surface area (Å²) in [5.74, 6) is -0.714. The first kappa shape index (κ1) is 17.3. The van der Waals surface area contributed by atoms with Crippen molar-refractivity contribution in [1.82, 2.24) is 9.88 Å². The van der Waals surface area contributed by atoms with Gasteiger partial charge in [0.2, 0.25) is 5.91 Å². The minimum absolute atomic E-state index is 0.0381. The van der Waals surface area contributed by atoms with Crippen LogP contribution in [0.3, 0.4) is 0 Å². The van der Waals surface area contributed by atoms with Gasteiger partial charge >= 0.3 is 0 Å². The second kappa shape index (κ2) is 6.87. The van der Waals surface area contributed by atoms with Crippen LogP contribution in [0.5, 0.6) is 0 Å². The van der Waals surface area contributed by atoms with Gasteiger partial charge in [0.25, 0.3) is 5.91 Å². The summed E-state index contributed by atoms with van der Waals surface area (Å²) in [7, 11) is 1.77. The number of nitrogens with zero attached hydrogens (tertiary/aromatic N) is 2. The minimum Gasteiger partial charge on any atom is -0.347 e. The molecule has 2 amide bonds. The van der Waals surface area contributed by atoms with E-state index >= 15 is 0 Å². The molecule has 1 saturated heterocycles. The van der Waals surface area contributed by atoms with Crippen molar-refractivity contribution >= 4 is 28.4 Å². The Morgan fingerprint density at radius 1 is 1.19 bits per heavy atom. The number of aryl methyl sites for hydroxylation is 1. The van der Waals surface area contributed by atoms with Crippen LogP contribution in [0.1, 0.15) is 28.9 Å². The van der Waals surface area contributed by atoms with Crippen LogP contribution in [0.15, 0.2) is 48.5 Å². The number of benzene rings is 2. The van der Waals surface area contributed by atoms with E-state index in [1.54, 1.807) is 22.6 Å². The number of hydrogen-bond acceptors (Lipinski definition) is 2. The van der Waals surface area contributed by atoms with Gasteiger partial charge in [-0.15, -0.1) is 0 Å². The fraction of sp³-hybridized carbons (Fsp3) is 0.238. The molecule has 0 bridgehead atoms. The van der Waals surface area contributed by atoms with Crippen molar-refractivity contribution in [3.8, 4) is 0 Å². The molecule has 27 heavy (non-hydrogen) atoms. The van der Waals surface area contributed by atoms with E-state index in [2.05, 4.69) is 5.32 Å². The predicted octanol–water partition coefficient (Wildman–Crippen LogP) is 3.37. The van der Waals surface area contributed by atoms with Gasteiger partial charge in [0.15, 0.2) is 0 Å². The highest BCUT2D eigenvalue weighted by molar-refractivity contribution is 6.14. The van der Waals surface area contributed by atoms with Gasteiger partial charge in [-0.05, 0) is 30.2 Å². The molecule has 0 spiro atoms. The average molecular weight is 365 g/mol. The molecular formula is C21H20FN3O2. The van der Waals surface area contributed by atoms with E-state index in [-0.39, 0.29) is 11.8 Å². The Balaban J connectivity index is 1.77. The second-order valence-corrected chi connectivity index (χ2v) is 6.73. The van der Waals surface area contributed by atoms with Gasteiger partial charge in [-0.2, -0.15) is 0 Å². The highest BCUT2D eigenvalue weighted by atomic mass is 19.1. The van der Waals surface area contributed by atoms with Crippen molar-refractivity contribution in [1.29, 1.82) is 0 Å². The van der Waals surface area contributed by atoms with E-state index in [0.717, 1.165) is 17.5 Å². The molecule has 5 nitrogen and oxygen atoms in total. The molecule has 2 aromatic carbocycles. The van der Waals surface area contributed by atoms with Crippen LogP contribution in [0, 0.1) is 5.82 Å². The third-order valence-corrected chi connectivity index (χ3v) is 4.99. The zero-order valence-corrected chi connectivity index (χ0v) is 15.0. The van der Waals surface area contributed by atoms with E-state index in [1.165, 1.54) is 12.1 Å². The zero-order chi connectivity index (χ0) is 19.0. The number of halogens is 1. The Bertz CT molecular complexity index is 1030. The van der Waals surface area contributed by atoms with Crippen molar-refractivity contribution in [3.05, 3.63) is 65.6 Å². The van der Waals surface area contributed by atoms with E-state index in [9.17, 15) is 14.0 Å². The lowest BCUT2D eigenvalue weighted by Gasteiger charge is -2.18. The first-order chi connectivity index (χ1) is 13.1. The number of hydrogen-bond donors (Lipinski definition) is 1. The fourth-order valence-corrected chi connectivity index (χ4v) is 3.68. The molecule has 2 heterocycles. The molecule has 138 valence electrons. The molecule has 3 aromatic rings. The van der Waals surface area contributed by atoms with Crippen molar-refractivity contribution < 1.29 is 14.0 Å². The van der Waals surface area contributed by atoms with E-state index in [4.69, 9.17) is 0 Å². The predicted molar refractivity (Wildman–Crippen MR) is 102 cm³/mol. The summed E-state index contributed by atoms with van der Waals surface area (Å²) in [5, 5.41) is 3.50. The smallest absolute Gasteiger partial charge is 0.270 e. The molecule has 0 saturated carbocycles. The number of nitrogens with one attached hydrogen (secondary N) is 1. The minimum atomic E-state index is -0.391. The Morgan fingerprint density at radius 2 is 1.96 bits per heavy atom.